The number of halogens is 1. The van der Waals surface area contributed by atoms with Crippen molar-refractivity contribution < 1.29 is 18.7 Å². The van der Waals surface area contributed by atoms with E-state index in [1.54, 1.807) is 13.0 Å². The van der Waals surface area contributed by atoms with E-state index in [2.05, 4.69) is 10.5 Å². The third kappa shape index (κ3) is 3.78. The lowest BCUT2D eigenvalue weighted by Gasteiger charge is -2.01. The number of nitrogens with zero attached hydrogens (tertiary/aromatic N) is 1. The summed E-state index contributed by atoms with van der Waals surface area (Å²) in [6.45, 7) is 1.98. The van der Waals surface area contributed by atoms with Gasteiger partial charge < -0.3 is 9.47 Å². The van der Waals surface area contributed by atoms with Gasteiger partial charge in [0.15, 0.2) is 11.5 Å². The van der Waals surface area contributed by atoms with E-state index in [0.717, 1.165) is 17.4 Å². The van der Waals surface area contributed by atoms with Crippen molar-refractivity contribution >= 4 is 17.7 Å². The fourth-order valence-corrected chi connectivity index (χ4v) is 2.10. The van der Waals surface area contributed by atoms with Crippen LogP contribution in [0, 0.1) is 5.82 Å². The summed E-state index contributed by atoms with van der Waals surface area (Å²) in [6, 6.07) is 11.0. The maximum absolute atomic E-state index is 13.1. The van der Waals surface area contributed by atoms with Gasteiger partial charge in [-0.05, 0) is 48.9 Å². The molecule has 24 heavy (non-hydrogen) atoms. The summed E-state index contributed by atoms with van der Waals surface area (Å²) < 4.78 is 23.6. The molecule has 0 bridgehead atoms. The van der Waals surface area contributed by atoms with Crippen molar-refractivity contribution in [2.75, 3.05) is 6.79 Å². The van der Waals surface area contributed by atoms with Gasteiger partial charge in [-0.1, -0.05) is 18.2 Å². The summed E-state index contributed by atoms with van der Waals surface area (Å²) in [4.78, 5) is 11.9. The number of ether oxygens (including phenoxy) is 2. The van der Waals surface area contributed by atoms with Crippen LogP contribution in [-0.4, -0.2) is 18.4 Å². The molecule has 0 aromatic heterocycles. The Morgan fingerprint density at radius 2 is 2.04 bits per heavy atom. The Balaban J connectivity index is 1.62. The summed E-state index contributed by atoms with van der Waals surface area (Å²) in [5.74, 6) is 0.488. The Morgan fingerprint density at radius 1 is 1.21 bits per heavy atom. The minimum absolute atomic E-state index is 0.214. The van der Waals surface area contributed by atoms with Gasteiger partial charge in [-0.15, -0.1) is 0 Å². The number of carbonyl (C=O) groups is 1. The number of hydrogen-bond acceptors (Lipinski definition) is 4. The van der Waals surface area contributed by atoms with Gasteiger partial charge in [0.2, 0.25) is 6.79 Å². The predicted molar refractivity (Wildman–Crippen MR) is 88.6 cm³/mol. The fraction of sp³-hybridized carbons (Fsp3) is 0.111. The van der Waals surface area contributed by atoms with Crippen molar-refractivity contribution in [3.63, 3.8) is 0 Å². The summed E-state index contributed by atoms with van der Waals surface area (Å²) in [7, 11) is 0. The predicted octanol–water partition coefficient (Wildman–Crippen LogP) is 3.37. The van der Waals surface area contributed by atoms with Gasteiger partial charge in [0.1, 0.15) is 5.82 Å². The first-order valence-corrected chi connectivity index (χ1v) is 7.30. The van der Waals surface area contributed by atoms with Gasteiger partial charge >= 0.3 is 0 Å². The van der Waals surface area contributed by atoms with Crippen LogP contribution in [0.1, 0.15) is 22.8 Å². The smallest absolute Gasteiger partial charge is 0.271 e. The Morgan fingerprint density at radius 3 is 2.88 bits per heavy atom. The van der Waals surface area contributed by atoms with Crippen LogP contribution < -0.4 is 14.9 Å². The maximum Gasteiger partial charge on any atom is 0.271 e. The highest BCUT2D eigenvalue weighted by atomic mass is 19.1. The highest BCUT2D eigenvalue weighted by molar-refractivity contribution is 5.99. The van der Waals surface area contributed by atoms with Crippen LogP contribution in [0.4, 0.5) is 4.39 Å². The van der Waals surface area contributed by atoms with Crippen LogP contribution in [-0.2, 0) is 0 Å². The van der Waals surface area contributed by atoms with Gasteiger partial charge in [0.05, 0.1) is 5.71 Å². The third-order valence-electron chi connectivity index (χ3n) is 3.33. The first-order valence-electron chi connectivity index (χ1n) is 7.30. The zero-order valence-corrected chi connectivity index (χ0v) is 13.0. The molecule has 1 amide bonds. The van der Waals surface area contributed by atoms with Gasteiger partial charge in [-0.3, -0.25) is 4.79 Å². The van der Waals surface area contributed by atoms with E-state index in [-0.39, 0.29) is 12.4 Å². The standard InChI is InChI=1S/C18H15FN2O3/c1-12(20-21-18(22)14-3-2-4-15(19)10-14)5-6-13-7-8-16-17(9-13)24-11-23-16/h2-10H,11H2,1H3,(H,21,22)/b6-5+,20-12-. The number of nitrogens with one attached hydrogen (secondary N) is 1. The zero-order valence-electron chi connectivity index (χ0n) is 13.0. The van der Waals surface area contributed by atoms with Gasteiger partial charge in [0, 0.05) is 5.56 Å². The molecule has 6 heteroatoms. The molecular formula is C18H15FN2O3. The average Bonchev–Trinajstić information content (AvgIpc) is 3.05. The fourth-order valence-electron chi connectivity index (χ4n) is 2.10. The van der Waals surface area contributed by atoms with Crippen molar-refractivity contribution in [2.24, 2.45) is 5.10 Å². The number of carbonyl (C=O) groups excluding carboxylic acids is 1. The molecule has 0 saturated heterocycles. The minimum atomic E-state index is -0.467. The molecule has 1 aliphatic rings. The summed E-state index contributed by atoms with van der Waals surface area (Å²) in [5.41, 5.74) is 4.12. The number of benzene rings is 2. The quantitative estimate of drug-likeness (QED) is 0.692. The molecule has 0 spiro atoms. The molecule has 0 saturated carbocycles. The molecular weight excluding hydrogens is 311 g/mol. The van der Waals surface area contributed by atoms with Crippen molar-refractivity contribution in [1.82, 2.24) is 5.43 Å². The SMILES string of the molecule is CC(/C=C/c1ccc2c(c1)OCO2)=N/NC(=O)c1cccc(F)c1. The first-order chi connectivity index (χ1) is 11.6. The Labute approximate surface area is 138 Å². The van der Waals surface area contributed by atoms with E-state index in [4.69, 9.17) is 9.47 Å². The molecule has 0 fully saturated rings. The second-order valence-electron chi connectivity index (χ2n) is 5.15. The second kappa shape index (κ2) is 6.95. The lowest BCUT2D eigenvalue weighted by molar-refractivity contribution is 0.0954. The molecule has 122 valence electrons. The highest BCUT2D eigenvalue weighted by Gasteiger charge is 2.12. The number of fused-ring (bicyclic) bond motifs is 1. The van der Waals surface area contributed by atoms with E-state index in [1.807, 2.05) is 24.3 Å². The molecule has 0 atom stereocenters. The normalized spacial score (nSPS) is 13.3. The van der Waals surface area contributed by atoms with Crippen LogP contribution in [0.2, 0.25) is 0 Å². The number of amides is 1. The van der Waals surface area contributed by atoms with Gasteiger partial charge in [0.25, 0.3) is 5.91 Å². The van der Waals surface area contributed by atoms with Crippen molar-refractivity contribution in [3.05, 3.63) is 65.5 Å². The number of allylic oxidation sites excluding steroid dienone is 1. The Bertz CT molecular complexity index is 831. The molecule has 5 nitrogen and oxygen atoms in total. The highest BCUT2D eigenvalue weighted by Crippen LogP contribution is 2.32. The molecule has 1 aliphatic heterocycles. The Kier molecular flexibility index (Phi) is 4.56. The number of hydrazone groups is 1. The van der Waals surface area contributed by atoms with Crippen LogP contribution in [0.25, 0.3) is 6.08 Å². The molecule has 3 rings (SSSR count). The van der Waals surface area contributed by atoms with E-state index in [0.29, 0.717) is 11.5 Å². The molecule has 0 aliphatic carbocycles. The summed E-state index contributed by atoms with van der Waals surface area (Å²) >= 11 is 0. The van der Waals surface area contributed by atoms with Crippen LogP contribution in [0.3, 0.4) is 0 Å². The molecule has 2 aromatic rings. The molecule has 0 radical (unpaired) electrons. The first kappa shape index (κ1) is 15.7. The van der Waals surface area contributed by atoms with Gasteiger partial charge in [-0.25, -0.2) is 9.82 Å². The molecule has 1 heterocycles. The lowest BCUT2D eigenvalue weighted by atomic mass is 10.2. The summed E-state index contributed by atoms with van der Waals surface area (Å²) in [6.07, 6.45) is 3.60. The average molecular weight is 326 g/mol. The number of hydrogen-bond donors (Lipinski definition) is 1. The van der Waals surface area contributed by atoms with Crippen LogP contribution >= 0.6 is 0 Å². The van der Waals surface area contributed by atoms with E-state index < -0.39 is 11.7 Å². The maximum atomic E-state index is 13.1. The van der Waals surface area contributed by atoms with E-state index >= 15 is 0 Å². The molecule has 2 aromatic carbocycles. The molecule has 1 N–H and O–H groups in total. The lowest BCUT2D eigenvalue weighted by Crippen LogP contribution is -2.18. The zero-order chi connectivity index (χ0) is 16.9. The molecule has 0 unspecified atom stereocenters. The van der Waals surface area contributed by atoms with Crippen molar-refractivity contribution in [2.45, 2.75) is 6.92 Å². The van der Waals surface area contributed by atoms with Gasteiger partial charge in [-0.2, -0.15) is 5.10 Å². The van der Waals surface area contributed by atoms with E-state index in [9.17, 15) is 9.18 Å². The monoisotopic (exact) mass is 326 g/mol. The van der Waals surface area contributed by atoms with Crippen LogP contribution in [0.15, 0.2) is 53.6 Å². The van der Waals surface area contributed by atoms with E-state index in [1.165, 1.54) is 18.2 Å². The topological polar surface area (TPSA) is 59.9 Å². The third-order valence-corrected chi connectivity index (χ3v) is 3.33. The largest absolute Gasteiger partial charge is 0.454 e. The van der Waals surface area contributed by atoms with Crippen molar-refractivity contribution in [3.8, 4) is 11.5 Å². The Hall–Kier alpha value is -3.15. The number of rotatable bonds is 4. The minimum Gasteiger partial charge on any atom is -0.454 e. The summed E-state index contributed by atoms with van der Waals surface area (Å²) in [5, 5.41) is 3.97. The second-order valence-corrected chi connectivity index (χ2v) is 5.15. The van der Waals surface area contributed by atoms with Crippen LogP contribution in [0.5, 0.6) is 11.5 Å². The van der Waals surface area contributed by atoms with Crippen molar-refractivity contribution in [1.29, 1.82) is 0 Å².